The molecule has 2 N–H and O–H groups in total. The van der Waals surface area contributed by atoms with Crippen molar-refractivity contribution >= 4 is 0 Å². The molecular formula is C15H28N6. The smallest absolute Gasteiger partial charge is 0.147 e. The van der Waals surface area contributed by atoms with E-state index in [1.807, 2.05) is 6.33 Å². The lowest BCUT2D eigenvalue weighted by Gasteiger charge is -2.44. The molecule has 0 spiro atoms. The molecule has 2 aliphatic heterocycles. The lowest BCUT2D eigenvalue weighted by atomic mass is 9.88. The zero-order chi connectivity index (χ0) is 14.7. The third kappa shape index (κ3) is 2.98. The van der Waals surface area contributed by atoms with Gasteiger partial charge in [0.1, 0.15) is 12.2 Å². The average molecular weight is 292 g/mol. The zero-order valence-electron chi connectivity index (χ0n) is 13.2. The summed E-state index contributed by atoms with van der Waals surface area (Å²) in [7, 11) is 0. The van der Waals surface area contributed by atoms with Gasteiger partial charge in [-0.1, -0.05) is 6.92 Å². The number of fused-ring (bicyclic) bond motifs is 1. The van der Waals surface area contributed by atoms with Gasteiger partial charge in [0.05, 0.1) is 6.54 Å². The standard InChI is InChI=1S/C15H28N6/c1-2-6-19-7-3-4-15(12-16,5-8-19)21-10-9-20-13-17-18-14(20)11-21/h13H,2-12,16H2,1H3. The number of hydrogen-bond donors (Lipinski definition) is 1. The molecule has 21 heavy (non-hydrogen) atoms. The molecule has 118 valence electrons. The summed E-state index contributed by atoms with van der Waals surface area (Å²) < 4.78 is 2.17. The van der Waals surface area contributed by atoms with Crippen molar-refractivity contribution in [3.63, 3.8) is 0 Å². The van der Waals surface area contributed by atoms with Gasteiger partial charge in [0.2, 0.25) is 0 Å². The normalized spacial score (nSPS) is 28.3. The van der Waals surface area contributed by atoms with Gasteiger partial charge in [0.25, 0.3) is 0 Å². The largest absolute Gasteiger partial charge is 0.329 e. The predicted molar refractivity (Wildman–Crippen MR) is 82.8 cm³/mol. The molecule has 1 saturated heterocycles. The van der Waals surface area contributed by atoms with Crippen LogP contribution in [-0.2, 0) is 13.1 Å². The first-order valence-electron chi connectivity index (χ1n) is 8.31. The Hall–Kier alpha value is -0.980. The van der Waals surface area contributed by atoms with Gasteiger partial charge >= 0.3 is 0 Å². The SMILES string of the molecule is CCCN1CCCC(CN)(N2CCn3cnnc3C2)CC1. The maximum Gasteiger partial charge on any atom is 0.147 e. The molecule has 3 rings (SSSR count). The summed E-state index contributed by atoms with van der Waals surface area (Å²) in [6, 6.07) is 0. The maximum absolute atomic E-state index is 6.25. The summed E-state index contributed by atoms with van der Waals surface area (Å²) in [4.78, 5) is 5.18. The van der Waals surface area contributed by atoms with Crippen LogP contribution in [0.4, 0.5) is 0 Å². The number of nitrogens with two attached hydrogens (primary N) is 1. The van der Waals surface area contributed by atoms with Crippen molar-refractivity contribution in [2.24, 2.45) is 5.73 Å². The van der Waals surface area contributed by atoms with Crippen LogP contribution >= 0.6 is 0 Å². The van der Waals surface area contributed by atoms with Crippen molar-refractivity contribution in [1.29, 1.82) is 0 Å². The summed E-state index contributed by atoms with van der Waals surface area (Å²) in [5, 5.41) is 8.29. The van der Waals surface area contributed by atoms with Gasteiger partial charge in [-0.3, -0.25) is 4.90 Å². The van der Waals surface area contributed by atoms with E-state index in [0.717, 1.165) is 32.0 Å². The summed E-state index contributed by atoms with van der Waals surface area (Å²) in [6.45, 7) is 9.58. The minimum atomic E-state index is 0.152. The Balaban J connectivity index is 1.72. The average Bonchev–Trinajstić information content (AvgIpc) is 2.88. The molecule has 0 bridgehead atoms. The monoisotopic (exact) mass is 292 g/mol. The van der Waals surface area contributed by atoms with Crippen LogP contribution < -0.4 is 5.73 Å². The fourth-order valence-corrected chi connectivity index (χ4v) is 3.90. The van der Waals surface area contributed by atoms with E-state index < -0.39 is 0 Å². The predicted octanol–water partition coefficient (Wildman–Crippen LogP) is 0.687. The number of aromatic nitrogens is 3. The number of hydrogen-bond acceptors (Lipinski definition) is 5. The van der Waals surface area contributed by atoms with Gasteiger partial charge in [-0.25, -0.2) is 0 Å². The first-order chi connectivity index (χ1) is 10.3. The molecule has 0 aromatic carbocycles. The summed E-state index contributed by atoms with van der Waals surface area (Å²) >= 11 is 0. The second-order valence-electron chi connectivity index (χ2n) is 6.49. The van der Waals surface area contributed by atoms with Gasteiger partial charge in [0.15, 0.2) is 0 Å². The number of likely N-dealkylation sites (tertiary alicyclic amines) is 1. The van der Waals surface area contributed by atoms with Crippen LogP contribution in [0.2, 0.25) is 0 Å². The second kappa shape index (κ2) is 6.42. The molecule has 0 aliphatic carbocycles. The lowest BCUT2D eigenvalue weighted by molar-refractivity contribution is 0.0499. The van der Waals surface area contributed by atoms with Crippen molar-refractivity contribution in [3.05, 3.63) is 12.2 Å². The van der Waals surface area contributed by atoms with E-state index in [0.29, 0.717) is 0 Å². The highest BCUT2D eigenvalue weighted by atomic mass is 15.3. The molecule has 0 radical (unpaired) electrons. The molecule has 6 nitrogen and oxygen atoms in total. The van der Waals surface area contributed by atoms with E-state index in [-0.39, 0.29) is 5.54 Å². The first kappa shape index (κ1) is 14.9. The Morgan fingerprint density at radius 1 is 1.24 bits per heavy atom. The van der Waals surface area contributed by atoms with Crippen molar-refractivity contribution in [2.45, 2.75) is 51.2 Å². The van der Waals surface area contributed by atoms with E-state index in [1.54, 1.807) is 0 Å². The minimum absolute atomic E-state index is 0.152. The van der Waals surface area contributed by atoms with E-state index >= 15 is 0 Å². The third-order valence-corrected chi connectivity index (χ3v) is 5.24. The van der Waals surface area contributed by atoms with Crippen molar-refractivity contribution in [1.82, 2.24) is 24.6 Å². The summed E-state index contributed by atoms with van der Waals surface area (Å²) in [6.07, 6.45) is 6.72. The highest BCUT2D eigenvalue weighted by Gasteiger charge is 2.38. The molecule has 0 amide bonds. The molecule has 1 atom stereocenters. The van der Waals surface area contributed by atoms with Gasteiger partial charge in [-0.2, -0.15) is 0 Å². The van der Waals surface area contributed by atoms with Gasteiger partial charge in [0, 0.05) is 25.2 Å². The fraction of sp³-hybridized carbons (Fsp3) is 0.867. The molecule has 3 heterocycles. The Bertz CT molecular complexity index is 459. The van der Waals surface area contributed by atoms with Gasteiger partial charge in [-0.05, 0) is 45.3 Å². The molecule has 1 aromatic rings. The van der Waals surface area contributed by atoms with Crippen molar-refractivity contribution in [2.75, 3.05) is 32.7 Å². The van der Waals surface area contributed by atoms with Gasteiger partial charge < -0.3 is 15.2 Å². The van der Waals surface area contributed by atoms with E-state index in [9.17, 15) is 0 Å². The molecule has 1 fully saturated rings. The molecule has 2 aliphatic rings. The van der Waals surface area contributed by atoms with Crippen LogP contribution in [0, 0.1) is 0 Å². The highest BCUT2D eigenvalue weighted by Crippen LogP contribution is 2.31. The molecule has 1 unspecified atom stereocenters. The van der Waals surface area contributed by atoms with Crippen LogP contribution in [0.1, 0.15) is 38.4 Å². The van der Waals surface area contributed by atoms with Crippen LogP contribution in [0.5, 0.6) is 0 Å². The number of nitrogens with zero attached hydrogens (tertiary/aromatic N) is 5. The molecule has 1 aromatic heterocycles. The van der Waals surface area contributed by atoms with Crippen LogP contribution in [0.15, 0.2) is 6.33 Å². The molecule has 6 heteroatoms. The third-order valence-electron chi connectivity index (χ3n) is 5.24. The maximum atomic E-state index is 6.25. The van der Waals surface area contributed by atoms with Crippen molar-refractivity contribution < 1.29 is 0 Å². The molecule has 0 saturated carbocycles. The van der Waals surface area contributed by atoms with Crippen LogP contribution in [0.3, 0.4) is 0 Å². The lowest BCUT2D eigenvalue weighted by Crippen LogP contribution is -2.56. The first-order valence-corrected chi connectivity index (χ1v) is 8.31. The highest BCUT2D eigenvalue weighted by molar-refractivity contribution is 5.00. The zero-order valence-corrected chi connectivity index (χ0v) is 13.2. The van der Waals surface area contributed by atoms with Gasteiger partial charge in [-0.15, -0.1) is 10.2 Å². The second-order valence-corrected chi connectivity index (χ2v) is 6.49. The van der Waals surface area contributed by atoms with E-state index in [4.69, 9.17) is 5.73 Å². The quantitative estimate of drug-likeness (QED) is 0.884. The Labute approximate surface area is 127 Å². The summed E-state index contributed by atoms with van der Waals surface area (Å²) in [5.74, 6) is 1.09. The fourth-order valence-electron chi connectivity index (χ4n) is 3.90. The van der Waals surface area contributed by atoms with Crippen LogP contribution in [-0.4, -0.2) is 62.8 Å². The Morgan fingerprint density at radius 3 is 2.95 bits per heavy atom. The Morgan fingerprint density at radius 2 is 2.14 bits per heavy atom. The van der Waals surface area contributed by atoms with E-state index in [2.05, 4.69) is 31.5 Å². The summed E-state index contributed by atoms with van der Waals surface area (Å²) in [5.41, 5.74) is 6.40. The van der Waals surface area contributed by atoms with Crippen molar-refractivity contribution in [3.8, 4) is 0 Å². The van der Waals surface area contributed by atoms with E-state index in [1.165, 1.54) is 45.3 Å². The topological polar surface area (TPSA) is 63.2 Å². The van der Waals surface area contributed by atoms with Crippen LogP contribution in [0.25, 0.3) is 0 Å². The molecular weight excluding hydrogens is 264 g/mol. The Kier molecular flexibility index (Phi) is 4.57. The minimum Gasteiger partial charge on any atom is -0.329 e. The number of rotatable bonds is 4.